The Morgan fingerprint density at radius 3 is 2.83 bits per heavy atom. The zero-order valence-corrected chi connectivity index (χ0v) is 18.2. The van der Waals surface area contributed by atoms with E-state index in [9.17, 15) is 9.59 Å². The second-order valence-electron chi connectivity index (χ2n) is 7.92. The third-order valence-electron chi connectivity index (χ3n) is 5.04. The van der Waals surface area contributed by atoms with Gasteiger partial charge in [-0.05, 0) is 13.5 Å². The largest absolute Gasteiger partial charge is 0.316 e. The summed E-state index contributed by atoms with van der Waals surface area (Å²) in [6, 6.07) is 0. The van der Waals surface area contributed by atoms with Gasteiger partial charge in [-0.1, -0.05) is 13.8 Å². The molecule has 0 bridgehead atoms. The Bertz CT molecular complexity index is 1100. The number of hydrogen-bond acceptors (Lipinski definition) is 7. The van der Waals surface area contributed by atoms with Crippen LogP contribution in [0.5, 0.6) is 0 Å². The minimum Gasteiger partial charge on any atom is -0.316 e. The van der Waals surface area contributed by atoms with Crippen molar-refractivity contribution in [2.45, 2.75) is 26.8 Å². The molecule has 30 heavy (non-hydrogen) atoms. The lowest BCUT2D eigenvalue weighted by Crippen LogP contribution is -2.32. The van der Waals surface area contributed by atoms with Crippen molar-refractivity contribution in [3.63, 3.8) is 0 Å². The van der Waals surface area contributed by atoms with Gasteiger partial charge in [0, 0.05) is 42.7 Å². The summed E-state index contributed by atoms with van der Waals surface area (Å²) in [7, 11) is 3.62. The summed E-state index contributed by atoms with van der Waals surface area (Å²) < 4.78 is 3.23. The summed E-state index contributed by atoms with van der Waals surface area (Å²) in [5.74, 6) is 0.102. The molecule has 1 aliphatic heterocycles. The van der Waals surface area contributed by atoms with Gasteiger partial charge in [0.25, 0.3) is 5.91 Å². The Balaban J connectivity index is 1.53. The van der Waals surface area contributed by atoms with E-state index < -0.39 is 5.41 Å². The number of amides is 2. The van der Waals surface area contributed by atoms with Crippen LogP contribution in [0.2, 0.25) is 0 Å². The second-order valence-corrected chi connectivity index (χ2v) is 8.76. The molecule has 1 fully saturated rings. The molecule has 4 rings (SSSR count). The van der Waals surface area contributed by atoms with Crippen LogP contribution in [0.15, 0.2) is 24.0 Å². The van der Waals surface area contributed by atoms with Gasteiger partial charge in [-0.3, -0.25) is 19.2 Å². The topological polar surface area (TPSA) is 110 Å². The van der Waals surface area contributed by atoms with Gasteiger partial charge in [0.2, 0.25) is 11.0 Å². The van der Waals surface area contributed by atoms with Crippen LogP contribution >= 0.6 is 11.3 Å². The molecule has 0 radical (unpaired) electrons. The molecule has 0 unspecified atom stereocenters. The van der Waals surface area contributed by atoms with Crippen LogP contribution in [0.3, 0.4) is 0 Å². The van der Waals surface area contributed by atoms with Gasteiger partial charge >= 0.3 is 0 Å². The van der Waals surface area contributed by atoms with E-state index in [1.807, 2.05) is 27.1 Å². The van der Waals surface area contributed by atoms with Crippen LogP contribution in [-0.2, 0) is 18.4 Å². The first-order valence-electron chi connectivity index (χ1n) is 9.59. The molecule has 0 aromatic carbocycles. The number of aryl methyl sites for hydroxylation is 1. The van der Waals surface area contributed by atoms with Crippen LogP contribution in [0.4, 0.5) is 11.5 Å². The predicted octanol–water partition coefficient (Wildman–Crippen LogP) is 1.80. The standard InChI is InChI=1S/C19H24N8O2S/c1-19(2)5-6-26(17(19)29)15-13(10-25(4)24-15)22-16(28)14-11-30-18(23-14)27-9-12(7-20-3)8-21-27/h8-11,20H,5-7H2,1-4H3,(H,22,28). The minimum atomic E-state index is -0.432. The number of carbonyl (C=O) groups is 2. The van der Waals surface area contributed by atoms with E-state index in [0.29, 0.717) is 29.7 Å². The fourth-order valence-corrected chi connectivity index (χ4v) is 4.09. The van der Waals surface area contributed by atoms with E-state index in [0.717, 1.165) is 12.0 Å². The normalized spacial score (nSPS) is 15.7. The SMILES string of the molecule is CNCc1cnn(-c2nc(C(=O)Nc3cn(C)nc3N3CCC(C)(C)C3=O)cs2)c1. The number of nitrogens with zero attached hydrogens (tertiary/aromatic N) is 6. The Morgan fingerprint density at radius 2 is 2.13 bits per heavy atom. The molecule has 0 atom stereocenters. The van der Waals surface area contributed by atoms with Crippen molar-refractivity contribution in [3.8, 4) is 5.13 Å². The van der Waals surface area contributed by atoms with Crippen LogP contribution < -0.4 is 15.5 Å². The van der Waals surface area contributed by atoms with E-state index in [1.54, 1.807) is 39.1 Å². The molecule has 158 valence electrons. The minimum absolute atomic E-state index is 0.00342. The first-order chi connectivity index (χ1) is 14.3. The average molecular weight is 429 g/mol. The number of carbonyl (C=O) groups excluding carboxylic acids is 2. The lowest BCUT2D eigenvalue weighted by Gasteiger charge is -2.18. The number of nitrogens with one attached hydrogen (secondary N) is 2. The van der Waals surface area contributed by atoms with Gasteiger partial charge < -0.3 is 10.6 Å². The summed E-state index contributed by atoms with van der Waals surface area (Å²) in [6.45, 7) is 5.12. The number of aromatic nitrogens is 5. The van der Waals surface area contributed by atoms with Crippen molar-refractivity contribution in [3.05, 3.63) is 35.2 Å². The van der Waals surface area contributed by atoms with Crippen LogP contribution in [-0.4, -0.2) is 50.0 Å². The summed E-state index contributed by atoms with van der Waals surface area (Å²) in [5.41, 5.74) is 1.36. The maximum Gasteiger partial charge on any atom is 0.275 e. The Hall–Kier alpha value is -3.05. The molecule has 2 amide bonds. The number of thiazole rings is 1. The number of rotatable bonds is 6. The fourth-order valence-electron chi connectivity index (χ4n) is 3.35. The van der Waals surface area contributed by atoms with Gasteiger partial charge in [-0.15, -0.1) is 11.3 Å². The smallest absolute Gasteiger partial charge is 0.275 e. The zero-order valence-electron chi connectivity index (χ0n) is 17.3. The van der Waals surface area contributed by atoms with Gasteiger partial charge in [-0.2, -0.15) is 10.2 Å². The van der Waals surface area contributed by atoms with E-state index in [-0.39, 0.29) is 17.5 Å². The highest BCUT2D eigenvalue weighted by molar-refractivity contribution is 7.12. The van der Waals surface area contributed by atoms with Crippen molar-refractivity contribution < 1.29 is 9.59 Å². The van der Waals surface area contributed by atoms with Crippen molar-refractivity contribution in [1.29, 1.82) is 0 Å². The van der Waals surface area contributed by atoms with Crippen molar-refractivity contribution in [1.82, 2.24) is 29.9 Å². The molecule has 0 spiro atoms. The van der Waals surface area contributed by atoms with E-state index in [2.05, 4.69) is 25.8 Å². The van der Waals surface area contributed by atoms with Crippen molar-refractivity contribution in [2.75, 3.05) is 23.8 Å². The molecule has 0 aliphatic carbocycles. The Labute approximate surface area is 177 Å². The van der Waals surface area contributed by atoms with Crippen LogP contribution in [0, 0.1) is 5.41 Å². The molecule has 2 N–H and O–H groups in total. The summed E-state index contributed by atoms with van der Waals surface area (Å²) in [5, 5.41) is 16.9. The molecule has 1 aliphatic rings. The molecule has 0 saturated carbocycles. The number of hydrogen-bond donors (Lipinski definition) is 2. The maximum absolute atomic E-state index is 12.8. The van der Waals surface area contributed by atoms with Crippen LogP contribution in [0.25, 0.3) is 5.13 Å². The highest BCUT2D eigenvalue weighted by Crippen LogP contribution is 2.36. The Morgan fingerprint density at radius 1 is 1.33 bits per heavy atom. The Kier molecular flexibility index (Phi) is 5.16. The first kappa shape index (κ1) is 20.2. The predicted molar refractivity (Wildman–Crippen MR) is 114 cm³/mol. The summed E-state index contributed by atoms with van der Waals surface area (Å²) in [4.78, 5) is 31.5. The zero-order chi connectivity index (χ0) is 21.5. The monoisotopic (exact) mass is 428 g/mol. The highest BCUT2D eigenvalue weighted by Gasteiger charge is 2.41. The summed E-state index contributed by atoms with van der Waals surface area (Å²) >= 11 is 1.33. The molecular weight excluding hydrogens is 404 g/mol. The third kappa shape index (κ3) is 3.73. The molecule has 1 saturated heterocycles. The quantitative estimate of drug-likeness (QED) is 0.620. The van der Waals surface area contributed by atoms with E-state index in [4.69, 9.17) is 0 Å². The fraction of sp³-hybridized carbons (Fsp3) is 0.421. The van der Waals surface area contributed by atoms with Gasteiger partial charge in [-0.25, -0.2) is 9.67 Å². The third-order valence-corrected chi connectivity index (χ3v) is 5.87. The lowest BCUT2D eigenvalue weighted by atomic mass is 9.92. The van der Waals surface area contributed by atoms with Gasteiger partial charge in [0.15, 0.2) is 5.82 Å². The molecular formula is C19H24N8O2S. The van der Waals surface area contributed by atoms with Gasteiger partial charge in [0.05, 0.1) is 12.4 Å². The first-order valence-corrected chi connectivity index (χ1v) is 10.5. The molecule has 3 aromatic rings. The molecule has 10 nitrogen and oxygen atoms in total. The maximum atomic E-state index is 12.8. The van der Waals surface area contributed by atoms with Crippen molar-refractivity contribution in [2.24, 2.45) is 12.5 Å². The number of anilines is 2. The van der Waals surface area contributed by atoms with Gasteiger partial charge in [0.1, 0.15) is 11.4 Å². The van der Waals surface area contributed by atoms with E-state index in [1.165, 1.54) is 11.3 Å². The summed E-state index contributed by atoms with van der Waals surface area (Å²) in [6.07, 6.45) is 6.06. The lowest BCUT2D eigenvalue weighted by molar-refractivity contribution is -0.124. The molecule has 11 heteroatoms. The highest BCUT2D eigenvalue weighted by atomic mass is 32.1. The second kappa shape index (κ2) is 7.65. The average Bonchev–Trinajstić information content (AvgIpc) is 3.45. The van der Waals surface area contributed by atoms with Crippen LogP contribution in [0.1, 0.15) is 36.3 Å². The van der Waals surface area contributed by atoms with E-state index >= 15 is 0 Å². The van der Waals surface area contributed by atoms with Crippen molar-refractivity contribution >= 4 is 34.7 Å². The molecule has 4 heterocycles. The molecule has 3 aromatic heterocycles.